The Morgan fingerprint density at radius 1 is 1.11 bits per heavy atom. The van der Waals surface area contributed by atoms with Crippen LogP contribution in [0.4, 0.5) is 0 Å². The van der Waals surface area contributed by atoms with Crippen LogP contribution in [-0.2, 0) is 9.53 Å². The summed E-state index contributed by atoms with van der Waals surface area (Å²) in [5, 5.41) is 3.56. The Morgan fingerprint density at radius 3 is 2.46 bits per heavy atom. The van der Waals surface area contributed by atoms with Crippen molar-refractivity contribution in [3.63, 3.8) is 0 Å². The van der Waals surface area contributed by atoms with Crippen molar-refractivity contribution in [3.05, 3.63) is 0 Å². The Labute approximate surface area is 169 Å². The van der Waals surface area contributed by atoms with Gasteiger partial charge in [-0.3, -0.25) is 19.6 Å². The smallest absolute Gasteiger partial charge is 0.236 e. The lowest BCUT2D eigenvalue weighted by molar-refractivity contribution is -0.131. The second kappa shape index (κ2) is 10.4. The third-order valence-corrected chi connectivity index (χ3v) is 6.24. The summed E-state index contributed by atoms with van der Waals surface area (Å²) < 4.78 is 5.55. The highest BCUT2D eigenvalue weighted by molar-refractivity contribution is 5.80. The normalized spacial score (nSPS) is 26.5. The first-order valence-electron chi connectivity index (χ1n) is 10.9. The molecule has 3 rings (SSSR count). The van der Waals surface area contributed by atoms with Gasteiger partial charge in [-0.25, -0.2) is 0 Å². The molecule has 1 N–H and O–H groups in total. The van der Waals surface area contributed by atoms with Crippen molar-refractivity contribution in [2.75, 3.05) is 79.2 Å². The molecule has 1 amide bonds. The SMILES string of the molecule is CN=C(NCC(C)N1CCOCC1C)N1CCN(CC(=O)N2CCCC2)CC1. The summed E-state index contributed by atoms with van der Waals surface area (Å²) in [6.07, 6.45) is 2.31. The van der Waals surface area contributed by atoms with Crippen LogP contribution in [0, 0.1) is 0 Å². The van der Waals surface area contributed by atoms with E-state index in [9.17, 15) is 4.79 Å². The van der Waals surface area contributed by atoms with E-state index in [0.717, 1.165) is 84.4 Å². The number of nitrogens with zero attached hydrogens (tertiary/aromatic N) is 5. The fourth-order valence-corrected chi connectivity index (χ4v) is 4.46. The number of aliphatic imine (C=N–C) groups is 1. The number of hydrogen-bond acceptors (Lipinski definition) is 5. The van der Waals surface area contributed by atoms with E-state index in [1.165, 1.54) is 0 Å². The number of amides is 1. The summed E-state index contributed by atoms with van der Waals surface area (Å²) in [5.74, 6) is 1.26. The maximum Gasteiger partial charge on any atom is 0.236 e. The molecule has 8 heteroatoms. The molecule has 3 saturated heterocycles. The van der Waals surface area contributed by atoms with E-state index in [0.29, 0.717) is 24.5 Å². The number of morpholine rings is 1. The van der Waals surface area contributed by atoms with E-state index in [4.69, 9.17) is 4.74 Å². The van der Waals surface area contributed by atoms with Crippen molar-refractivity contribution in [1.29, 1.82) is 0 Å². The molecule has 0 saturated carbocycles. The summed E-state index contributed by atoms with van der Waals surface area (Å²) >= 11 is 0. The number of nitrogens with one attached hydrogen (secondary N) is 1. The lowest BCUT2D eigenvalue weighted by Gasteiger charge is -2.39. The third kappa shape index (κ3) is 5.58. The van der Waals surface area contributed by atoms with Gasteiger partial charge in [-0.2, -0.15) is 0 Å². The molecular weight excluding hydrogens is 356 g/mol. The van der Waals surface area contributed by atoms with Gasteiger partial charge >= 0.3 is 0 Å². The summed E-state index contributed by atoms with van der Waals surface area (Å²) in [6, 6.07) is 0.902. The molecule has 28 heavy (non-hydrogen) atoms. The highest BCUT2D eigenvalue weighted by Gasteiger charge is 2.26. The maximum absolute atomic E-state index is 12.4. The molecule has 0 aromatic carbocycles. The van der Waals surface area contributed by atoms with Gasteiger partial charge < -0.3 is 19.9 Å². The van der Waals surface area contributed by atoms with Crippen LogP contribution in [0.25, 0.3) is 0 Å². The molecule has 3 heterocycles. The largest absolute Gasteiger partial charge is 0.379 e. The second-order valence-corrected chi connectivity index (χ2v) is 8.29. The Kier molecular flexibility index (Phi) is 7.93. The molecule has 0 aromatic heterocycles. The molecule has 0 aliphatic carbocycles. The molecule has 2 atom stereocenters. The van der Waals surface area contributed by atoms with Crippen LogP contribution >= 0.6 is 0 Å². The number of likely N-dealkylation sites (tertiary alicyclic amines) is 1. The number of piperazine rings is 1. The highest BCUT2D eigenvalue weighted by Crippen LogP contribution is 2.11. The van der Waals surface area contributed by atoms with E-state index in [1.807, 2.05) is 11.9 Å². The van der Waals surface area contributed by atoms with Crippen molar-refractivity contribution in [2.45, 2.75) is 38.8 Å². The molecule has 0 bridgehead atoms. The van der Waals surface area contributed by atoms with Crippen LogP contribution in [0.2, 0.25) is 0 Å². The van der Waals surface area contributed by atoms with Crippen molar-refractivity contribution < 1.29 is 9.53 Å². The van der Waals surface area contributed by atoms with Gasteiger partial charge in [0.25, 0.3) is 0 Å². The predicted molar refractivity (Wildman–Crippen MR) is 112 cm³/mol. The molecule has 0 radical (unpaired) electrons. The summed E-state index contributed by atoms with van der Waals surface area (Å²) in [5.41, 5.74) is 0. The van der Waals surface area contributed by atoms with E-state index in [2.05, 4.69) is 38.9 Å². The Balaban J connectivity index is 1.40. The average Bonchev–Trinajstić information content (AvgIpc) is 3.25. The standard InChI is InChI=1S/C20H38N6O2/c1-17(26-12-13-28-16-18(26)2)14-22-20(21-3)25-10-8-23(9-11-25)15-19(27)24-6-4-5-7-24/h17-18H,4-16H2,1-3H3,(H,21,22). The number of ether oxygens (including phenoxy) is 1. The molecule has 3 aliphatic heterocycles. The van der Waals surface area contributed by atoms with Crippen LogP contribution in [-0.4, -0.2) is 123 Å². The van der Waals surface area contributed by atoms with Gasteiger partial charge in [0.1, 0.15) is 0 Å². The first-order valence-corrected chi connectivity index (χ1v) is 10.9. The Hall–Kier alpha value is -1.38. The van der Waals surface area contributed by atoms with Crippen LogP contribution in [0.1, 0.15) is 26.7 Å². The maximum atomic E-state index is 12.4. The number of hydrogen-bond donors (Lipinski definition) is 1. The van der Waals surface area contributed by atoms with Crippen molar-refractivity contribution in [1.82, 2.24) is 24.9 Å². The van der Waals surface area contributed by atoms with Gasteiger partial charge in [0.05, 0.1) is 19.8 Å². The van der Waals surface area contributed by atoms with Crippen molar-refractivity contribution in [3.8, 4) is 0 Å². The molecule has 0 spiro atoms. The summed E-state index contributed by atoms with van der Waals surface area (Å²) in [6.45, 7) is 14.1. The summed E-state index contributed by atoms with van der Waals surface area (Å²) in [4.78, 5) is 26.0. The zero-order chi connectivity index (χ0) is 19.9. The van der Waals surface area contributed by atoms with Crippen LogP contribution in [0.5, 0.6) is 0 Å². The zero-order valence-electron chi connectivity index (χ0n) is 17.9. The Bertz CT molecular complexity index is 529. The minimum absolute atomic E-state index is 0.293. The molecule has 3 fully saturated rings. The van der Waals surface area contributed by atoms with Gasteiger partial charge in [0.15, 0.2) is 5.96 Å². The minimum Gasteiger partial charge on any atom is -0.379 e. The lowest BCUT2D eigenvalue weighted by Crippen LogP contribution is -2.56. The quantitative estimate of drug-likeness (QED) is 0.520. The van der Waals surface area contributed by atoms with Gasteiger partial charge in [0, 0.05) is 71.5 Å². The van der Waals surface area contributed by atoms with Crippen LogP contribution < -0.4 is 5.32 Å². The van der Waals surface area contributed by atoms with E-state index >= 15 is 0 Å². The number of carbonyl (C=O) groups is 1. The van der Waals surface area contributed by atoms with Gasteiger partial charge in [-0.1, -0.05) is 0 Å². The number of rotatable bonds is 5. The van der Waals surface area contributed by atoms with Crippen molar-refractivity contribution in [2.24, 2.45) is 4.99 Å². The number of carbonyl (C=O) groups excluding carboxylic acids is 1. The van der Waals surface area contributed by atoms with Crippen LogP contribution in [0.15, 0.2) is 4.99 Å². The van der Waals surface area contributed by atoms with Crippen LogP contribution in [0.3, 0.4) is 0 Å². The molecular formula is C20H38N6O2. The van der Waals surface area contributed by atoms with E-state index in [1.54, 1.807) is 0 Å². The lowest BCUT2D eigenvalue weighted by atomic mass is 10.2. The van der Waals surface area contributed by atoms with E-state index in [-0.39, 0.29) is 0 Å². The second-order valence-electron chi connectivity index (χ2n) is 8.29. The predicted octanol–water partition coefficient (Wildman–Crippen LogP) is -0.0890. The van der Waals surface area contributed by atoms with Gasteiger partial charge in [-0.05, 0) is 26.7 Å². The van der Waals surface area contributed by atoms with E-state index < -0.39 is 0 Å². The fraction of sp³-hybridized carbons (Fsp3) is 0.900. The topological polar surface area (TPSA) is 63.7 Å². The minimum atomic E-state index is 0.293. The van der Waals surface area contributed by atoms with Gasteiger partial charge in [0.2, 0.25) is 5.91 Å². The summed E-state index contributed by atoms with van der Waals surface area (Å²) in [7, 11) is 1.85. The molecule has 8 nitrogen and oxygen atoms in total. The average molecular weight is 395 g/mol. The molecule has 0 aromatic rings. The third-order valence-electron chi connectivity index (χ3n) is 6.24. The first-order chi connectivity index (χ1) is 13.6. The monoisotopic (exact) mass is 394 g/mol. The number of guanidine groups is 1. The van der Waals surface area contributed by atoms with Gasteiger partial charge in [-0.15, -0.1) is 0 Å². The molecule has 2 unspecified atom stereocenters. The molecule has 3 aliphatic rings. The first kappa shape index (κ1) is 21.3. The Morgan fingerprint density at radius 2 is 1.82 bits per heavy atom. The zero-order valence-corrected chi connectivity index (χ0v) is 17.9. The fourth-order valence-electron chi connectivity index (χ4n) is 4.46. The van der Waals surface area contributed by atoms with Crippen molar-refractivity contribution >= 4 is 11.9 Å². The highest BCUT2D eigenvalue weighted by atomic mass is 16.5. The molecule has 160 valence electrons.